The molecule has 1 N–H and O–H groups in total. The number of aromatic carboxylic acids is 1. The lowest BCUT2D eigenvalue weighted by molar-refractivity contribution is 0.0670. The van der Waals surface area contributed by atoms with E-state index in [0.29, 0.717) is 12.5 Å². The van der Waals surface area contributed by atoms with E-state index in [9.17, 15) is 9.59 Å². The van der Waals surface area contributed by atoms with Crippen molar-refractivity contribution in [3.63, 3.8) is 0 Å². The molecule has 1 amide bonds. The van der Waals surface area contributed by atoms with E-state index in [1.165, 1.54) is 6.07 Å². The van der Waals surface area contributed by atoms with Crippen LogP contribution in [-0.4, -0.2) is 39.6 Å². The van der Waals surface area contributed by atoms with Crippen LogP contribution >= 0.6 is 11.8 Å². The fourth-order valence-corrected chi connectivity index (χ4v) is 3.58. The number of carbonyl (C=O) groups excluding carboxylic acids is 1. The summed E-state index contributed by atoms with van der Waals surface area (Å²) >= 11 is 1.75. The molecule has 1 aromatic carbocycles. The number of hydrogen-bond donors (Lipinski definition) is 1. The first-order chi connectivity index (χ1) is 9.02. The van der Waals surface area contributed by atoms with Gasteiger partial charge in [0.2, 0.25) is 0 Å². The monoisotopic (exact) mass is 279 g/mol. The summed E-state index contributed by atoms with van der Waals surface area (Å²) in [6.45, 7) is 4.83. The van der Waals surface area contributed by atoms with Gasteiger partial charge in [-0.25, -0.2) is 4.79 Å². The van der Waals surface area contributed by atoms with Crippen LogP contribution in [-0.2, 0) is 0 Å². The number of carboxylic acids is 1. The Hall–Kier alpha value is -1.49. The third-order valence-electron chi connectivity index (χ3n) is 3.15. The number of nitrogens with zero attached hydrogens (tertiary/aromatic N) is 1. The molecule has 19 heavy (non-hydrogen) atoms. The van der Waals surface area contributed by atoms with Crippen molar-refractivity contribution in [2.45, 2.75) is 19.2 Å². The summed E-state index contributed by atoms with van der Waals surface area (Å²) < 4.78 is 0. The zero-order valence-corrected chi connectivity index (χ0v) is 11.8. The van der Waals surface area contributed by atoms with Gasteiger partial charge in [-0.3, -0.25) is 4.79 Å². The maximum Gasteiger partial charge on any atom is 0.336 e. The van der Waals surface area contributed by atoms with Crippen molar-refractivity contribution in [1.82, 2.24) is 4.90 Å². The molecule has 1 aliphatic rings. The van der Waals surface area contributed by atoms with Crippen molar-refractivity contribution in [3.8, 4) is 0 Å². The van der Waals surface area contributed by atoms with E-state index < -0.39 is 5.97 Å². The largest absolute Gasteiger partial charge is 0.478 e. The Kier molecular flexibility index (Phi) is 4.14. The van der Waals surface area contributed by atoms with Gasteiger partial charge in [0.1, 0.15) is 0 Å². The van der Waals surface area contributed by atoms with Crippen LogP contribution in [0.2, 0.25) is 0 Å². The summed E-state index contributed by atoms with van der Waals surface area (Å²) in [5, 5.41) is 9.29. The molecule has 0 aromatic heterocycles. The summed E-state index contributed by atoms with van der Waals surface area (Å²) in [5.41, 5.74) is 0.357. The van der Waals surface area contributed by atoms with E-state index >= 15 is 0 Å². The van der Waals surface area contributed by atoms with Crippen LogP contribution in [0.25, 0.3) is 0 Å². The lowest BCUT2D eigenvalue weighted by Crippen LogP contribution is -2.38. The van der Waals surface area contributed by atoms with Crippen molar-refractivity contribution in [2.75, 3.05) is 12.3 Å². The van der Waals surface area contributed by atoms with Crippen LogP contribution in [0.15, 0.2) is 24.3 Å². The fraction of sp³-hybridized carbons (Fsp3) is 0.429. The van der Waals surface area contributed by atoms with Crippen molar-refractivity contribution >= 4 is 23.6 Å². The molecular formula is C14H17NO3S. The summed E-state index contributed by atoms with van der Waals surface area (Å²) in [5.74, 6) is 0.0242. The highest BCUT2D eigenvalue weighted by molar-refractivity contribution is 8.00. The first-order valence-corrected chi connectivity index (χ1v) is 7.32. The van der Waals surface area contributed by atoms with Crippen LogP contribution in [0.5, 0.6) is 0 Å². The molecule has 0 aliphatic carbocycles. The molecule has 1 aliphatic heterocycles. The molecule has 102 valence electrons. The molecule has 2 rings (SSSR count). The maximum absolute atomic E-state index is 12.5. The van der Waals surface area contributed by atoms with Crippen LogP contribution in [0.1, 0.15) is 34.6 Å². The van der Waals surface area contributed by atoms with E-state index in [0.717, 1.165) is 5.75 Å². The van der Waals surface area contributed by atoms with Crippen molar-refractivity contribution < 1.29 is 14.7 Å². The zero-order chi connectivity index (χ0) is 14.0. The Morgan fingerprint density at radius 2 is 1.95 bits per heavy atom. The van der Waals surface area contributed by atoms with Crippen molar-refractivity contribution in [3.05, 3.63) is 35.4 Å². The van der Waals surface area contributed by atoms with Gasteiger partial charge in [0.15, 0.2) is 0 Å². The predicted molar refractivity (Wildman–Crippen MR) is 75.5 cm³/mol. The van der Waals surface area contributed by atoms with E-state index in [4.69, 9.17) is 5.11 Å². The minimum atomic E-state index is -1.06. The number of carbonyl (C=O) groups is 2. The van der Waals surface area contributed by atoms with Gasteiger partial charge in [-0.05, 0) is 18.1 Å². The molecule has 1 unspecified atom stereocenters. The van der Waals surface area contributed by atoms with Gasteiger partial charge in [-0.1, -0.05) is 26.0 Å². The van der Waals surface area contributed by atoms with Crippen LogP contribution in [0.4, 0.5) is 0 Å². The highest BCUT2D eigenvalue weighted by atomic mass is 32.2. The zero-order valence-electron chi connectivity index (χ0n) is 11.0. The van der Waals surface area contributed by atoms with Gasteiger partial charge in [-0.15, -0.1) is 11.8 Å². The van der Waals surface area contributed by atoms with E-state index in [-0.39, 0.29) is 22.4 Å². The van der Waals surface area contributed by atoms with Crippen molar-refractivity contribution in [2.24, 2.45) is 5.92 Å². The molecule has 0 bridgehead atoms. The molecule has 1 heterocycles. The Morgan fingerprint density at radius 1 is 1.32 bits per heavy atom. The van der Waals surface area contributed by atoms with Gasteiger partial charge in [-0.2, -0.15) is 0 Å². The number of thioether (sulfide) groups is 1. The number of benzene rings is 1. The molecule has 1 saturated heterocycles. The van der Waals surface area contributed by atoms with Gasteiger partial charge in [0.05, 0.1) is 16.5 Å². The first-order valence-electron chi connectivity index (χ1n) is 6.27. The van der Waals surface area contributed by atoms with Gasteiger partial charge < -0.3 is 10.0 Å². The van der Waals surface area contributed by atoms with Gasteiger partial charge in [0, 0.05) is 12.3 Å². The van der Waals surface area contributed by atoms with Gasteiger partial charge in [0.25, 0.3) is 5.91 Å². The molecule has 1 atom stereocenters. The molecule has 0 spiro atoms. The van der Waals surface area contributed by atoms with Gasteiger partial charge >= 0.3 is 5.97 Å². The maximum atomic E-state index is 12.5. The number of amides is 1. The Labute approximate surface area is 116 Å². The second kappa shape index (κ2) is 5.65. The molecule has 4 nitrogen and oxygen atoms in total. The number of hydrogen-bond acceptors (Lipinski definition) is 3. The molecule has 1 aromatic rings. The summed E-state index contributed by atoms with van der Waals surface area (Å²) in [6.07, 6.45) is 0. The second-order valence-corrected chi connectivity index (χ2v) is 6.08. The fourth-order valence-electron chi connectivity index (χ4n) is 2.27. The average molecular weight is 279 g/mol. The third kappa shape index (κ3) is 2.76. The normalized spacial score (nSPS) is 18.9. The highest BCUT2D eigenvalue weighted by Gasteiger charge is 2.33. The minimum absolute atomic E-state index is 0.0758. The quantitative estimate of drug-likeness (QED) is 0.924. The topological polar surface area (TPSA) is 57.6 Å². The summed E-state index contributed by atoms with van der Waals surface area (Å²) in [4.78, 5) is 25.5. The SMILES string of the molecule is CC(C)C1SCCN1C(=O)c1ccccc1C(=O)O. The third-order valence-corrected chi connectivity index (χ3v) is 4.71. The Bertz CT molecular complexity index is 501. The number of rotatable bonds is 3. The smallest absolute Gasteiger partial charge is 0.336 e. The predicted octanol–water partition coefficient (Wildman–Crippen LogP) is 2.56. The van der Waals surface area contributed by atoms with Crippen LogP contribution in [0, 0.1) is 5.92 Å². The molecule has 0 radical (unpaired) electrons. The highest BCUT2D eigenvalue weighted by Crippen LogP contribution is 2.31. The standard InChI is InChI=1S/C14H17NO3S/c1-9(2)13-15(7-8-19-13)12(16)10-5-3-4-6-11(10)14(17)18/h3-6,9,13H,7-8H2,1-2H3,(H,17,18). The number of carboxylic acid groups (broad SMARTS) is 1. The second-order valence-electron chi connectivity index (χ2n) is 4.85. The molecule has 1 fully saturated rings. The van der Waals surface area contributed by atoms with Crippen LogP contribution in [0.3, 0.4) is 0 Å². The van der Waals surface area contributed by atoms with Crippen molar-refractivity contribution in [1.29, 1.82) is 0 Å². The van der Waals surface area contributed by atoms with E-state index in [2.05, 4.69) is 13.8 Å². The Balaban J connectivity index is 2.32. The molecule has 5 heteroatoms. The molecule has 0 saturated carbocycles. The van der Waals surface area contributed by atoms with Crippen LogP contribution < -0.4 is 0 Å². The average Bonchev–Trinajstić information content (AvgIpc) is 2.87. The Morgan fingerprint density at radius 3 is 2.53 bits per heavy atom. The van der Waals surface area contributed by atoms with E-state index in [1.54, 1.807) is 34.9 Å². The lowest BCUT2D eigenvalue weighted by atomic mass is 10.1. The first kappa shape index (κ1) is 13.9. The van der Waals surface area contributed by atoms with E-state index in [1.807, 2.05) is 0 Å². The summed E-state index contributed by atoms with van der Waals surface area (Å²) in [7, 11) is 0. The minimum Gasteiger partial charge on any atom is -0.478 e. The summed E-state index contributed by atoms with van der Waals surface area (Å²) in [6, 6.07) is 6.40. The molecular weight excluding hydrogens is 262 g/mol. The lowest BCUT2D eigenvalue weighted by Gasteiger charge is -2.27.